The summed E-state index contributed by atoms with van der Waals surface area (Å²) in [5.41, 5.74) is 3.92. The summed E-state index contributed by atoms with van der Waals surface area (Å²) >= 11 is 0. The first-order chi connectivity index (χ1) is 11.3. The molecule has 0 amide bonds. The molecule has 0 radical (unpaired) electrons. The number of fused-ring (bicyclic) bond motifs is 1. The SMILES string of the molecule is CCCCCCc1ccc(-c2cc3ccccc3[nH]c2=O)cc1.[Ru]. The molecule has 0 aliphatic rings. The van der Waals surface area contributed by atoms with Crippen molar-refractivity contribution in [3.05, 3.63) is 70.5 Å². The second-order valence-electron chi connectivity index (χ2n) is 6.11. The van der Waals surface area contributed by atoms with Crippen LogP contribution in [0.2, 0.25) is 0 Å². The Morgan fingerprint density at radius 3 is 2.42 bits per heavy atom. The van der Waals surface area contributed by atoms with Crippen molar-refractivity contribution in [3.8, 4) is 11.1 Å². The zero-order chi connectivity index (χ0) is 16.1. The fourth-order valence-corrected chi connectivity index (χ4v) is 2.97. The molecule has 1 N–H and O–H groups in total. The monoisotopic (exact) mass is 407 g/mol. The minimum absolute atomic E-state index is 0. The van der Waals surface area contributed by atoms with Gasteiger partial charge in [-0.1, -0.05) is 68.7 Å². The van der Waals surface area contributed by atoms with Gasteiger partial charge in [-0.2, -0.15) is 0 Å². The van der Waals surface area contributed by atoms with Crippen molar-refractivity contribution in [1.82, 2.24) is 4.98 Å². The standard InChI is InChI=1S/C21H23NO.Ru/c1-2-3-4-5-8-16-11-13-17(14-12-16)19-15-18-9-6-7-10-20(18)22-21(19)23;/h6-7,9-15H,2-5,8H2,1H3,(H,22,23);. The summed E-state index contributed by atoms with van der Waals surface area (Å²) in [5, 5.41) is 1.06. The Bertz CT molecular complexity index is 836. The van der Waals surface area contributed by atoms with E-state index in [0.717, 1.165) is 28.5 Å². The average Bonchev–Trinajstić information content (AvgIpc) is 2.59. The quantitative estimate of drug-likeness (QED) is 0.436. The maximum Gasteiger partial charge on any atom is 0.256 e. The van der Waals surface area contributed by atoms with E-state index in [1.165, 1.54) is 31.2 Å². The van der Waals surface area contributed by atoms with Crippen LogP contribution >= 0.6 is 0 Å². The van der Waals surface area contributed by atoms with Crippen molar-refractivity contribution < 1.29 is 19.5 Å². The number of aryl methyl sites for hydroxylation is 1. The Balaban J connectivity index is 0.00000208. The zero-order valence-corrected chi connectivity index (χ0v) is 15.7. The number of rotatable bonds is 6. The zero-order valence-electron chi connectivity index (χ0n) is 14.0. The number of nitrogens with one attached hydrogen (secondary N) is 1. The maximum absolute atomic E-state index is 12.3. The van der Waals surface area contributed by atoms with Crippen molar-refractivity contribution in [2.75, 3.05) is 0 Å². The summed E-state index contributed by atoms with van der Waals surface area (Å²) in [7, 11) is 0. The summed E-state index contributed by atoms with van der Waals surface area (Å²) < 4.78 is 0. The molecule has 126 valence electrons. The molecule has 0 bridgehead atoms. The molecule has 2 aromatic carbocycles. The smallest absolute Gasteiger partial charge is 0.256 e. The number of aromatic nitrogens is 1. The van der Waals surface area contributed by atoms with Crippen LogP contribution in [0.3, 0.4) is 0 Å². The fraction of sp³-hybridized carbons (Fsp3) is 0.286. The largest absolute Gasteiger partial charge is 0.321 e. The molecule has 2 nitrogen and oxygen atoms in total. The van der Waals surface area contributed by atoms with E-state index >= 15 is 0 Å². The third kappa shape index (κ3) is 4.42. The van der Waals surface area contributed by atoms with Crippen LogP contribution in [0, 0.1) is 0 Å². The molecule has 3 aromatic rings. The van der Waals surface area contributed by atoms with Crippen molar-refractivity contribution in [2.45, 2.75) is 39.0 Å². The Labute approximate surface area is 156 Å². The van der Waals surface area contributed by atoms with Gasteiger partial charge in [-0.3, -0.25) is 4.79 Å². The third-order valence-corrected chi connectivity index (χ3v) is 4.34. The van der Waals surface area contributed by atoms with Gasteiger partial charge >= 0.3 is 0 Å². The van der Waals surface area contributed by atoms with Crippen LogP contribution in [0.25, 0.3) is 22.0 Å². The van der Waals surface area contributed by atoms with Crippen LogP contribution in [0.15, 0.2) is 59.4 Å². The number of hydrogen-bond acceptors (Lipinski definition) is 1. The molecular weight excluding hydrogens is 383 g/mol. The molecule has 0 atom stereocenters. The van der Waals surface area contributed by atoms with Gasteiger partial charge in [-0.15, -0.1) is 0 Å². The predicted octanol–water partition coefficient (Wildman–Crippen LogP) is 5.32. The van der Waals surface area contributed by atoms with Crippen molar-refractivity contribution in [1.29, 1.82) is 0 Å². The van der Waals surface area contributed by atoms with Crippen LogP contribution < -0.4 is 5.56 Å². The number of pyridine rings is 1. The van der Waals surface area contributed by atoms with E-state index < -0.39 is 0 Å². The molecule has 1 heterocycles. The van der Waals surface area contributed by atoms with Gasteiger partial charge in [0, 0.05) is 30.6 Å². The van der Waals surface area contributed by atoms with Crippen LogP contribution in [0.5, 0.6) is 0 Å². The van der Waals surface area contributed by atoms with Gasteiger partial charge in [0.2, 0.25) is 0 Å². The molecule has 1 aromatic heterocycles. The van der Waals surface area contributed by atoms with E-state index in [1.54, 1.807) is 0 Å². The minimum atomic E-state index is -0.0283. The first kappa shape index (κ1) is 18.6. The van der Waals surface area contributed by atoms with E-state index in [4.69, 9.17) is 0 Å². The molecule has 0 unspecified atom stereocenters. The van der Waals surface area contributed by atoms with Gasteiger partial charge in [-0.05, 0) is 41.5 Å². The van der Waals surface area contributed by atoms with E-state index in [2.05, 4.69) is 36.2 Å². The number of aromatic amines is 1. The van der Waals surface area contributed by atoms with Gasteiger partial charge in [0.05, 0.1) is 0 Å². The molecule has 3 rings (SSSR count). The molecule has 0 spiro atoms. The Hall–Kier alpha value is -1.73. The second-order valence-corrected chi connectivity index (χ2v) is 6.11. The summed E-state index contributed by atoms with van der Waals surface area (Å²) in [6, 6.07) is 18.3. The van der Waals surface area contributed by atoms with E-state index in [9.17, 15) is 4.79 Å². The average molecular weight is 406 g/mol. The van der Waals surface area contributed by atoms with Gasteiger partial charge in [0.1, 0.15) is 0 Å². The fourth-order valence-electron chi connectivity index (χ4n) is 2.97. The van der Waals surface area contributed by atoms with Crippen molar-refractivity contribution in [2.24, 2.45) is 0 Å². The van der Waals surface area contributed by atoms with Crippen LogP contribution in [0.4, 0.5) is 0 Å². The molecular formula is C21H23NORu. The second kappa shape index (κ2) is 8.94. The summed E-state index contributed by atoms with van der Waals surface area (Å²) in [4.78, 5) is 15.3. The number of hydrogen-bond donors (Lipinski definition) is 1. The number of benzene rings is 2. The van der Waals surface area contributed by atoms with Crippen molar-refractivity contribution in [3.63, 3.8) is 0 Å². The number of H-pyrrole nitrogens is 1. The van der Waals surface area contributed by atoms with Gasteiger partial charge < -0.3 is 4.98 Å². The third-order valence-electron chi connectivity index (χ3n) is 4.34. The Kier molecular flexibility index (Phi) is 6.93. The molecule has 0 saturated carbocycles. The van der Waals surface area contributed by atoms with Crippen molar-refractivity contribution >= 4 is 10.9 Å². The minimum Gasteiger partial charge on any atom is -0.321 e. The normalized spacial score (nSPS) is 10.5. The van der Waals surface area contributed by atoms with Crippen LogP contribution in [-0.2, 0) is 25.9 Å². The van der Waals surface area contributed by atoms with Crippen LogP contribution in [-0.4, -0.2) is 4.98 Å². The topological polar surface area (TPSA) is 32.9 Å². The number of para-hydroxylation sites is 1. The predicted molar refractivity (Wildman–Crippen MR) is 97.9 cm³/mol. The summed E-state index contributed by atoms with van der Waals surface area (Å²) in [6.45, 7) is 2.23. The maximum atomic E-state index is 12.3. The van der Waals surface area contributed by atoms with E-state index in [1.807, 2.05) is 30.3 Å². The van der Waals surface area contributed by atoms with Gasteiger partial charge in [0.15, 0.2) is 0 Å². The Morgan fingerprint density at radius 1 is 0.917 bits per heavy atom. The molecule has 0 saturated heterocycles. The van der Waals surface area contributed by atoms with Gasteiger partial charge in [0.25, 0.3) is 5.56 Å². The summed E-state index contributed by atoms with van der Waals surface area (Å²) in [5.74, 6) is 0. The molecule has 3 heteroatoms. The molecule has 0 aliphatic heterocycles. The summed E-state index contributed by atoms with van der Waals surface area (Å²) in [6.07, 6.45) is 6.23. The molecule has 0 fully saturated rings. The Morgan fingerprint density at radius 2 is 1.67 bits per heavy atom. The van der Waals surface area contributed by atoms with Gasteiger partial charge in [-0.25, -0.2) is 0 Å². The van der Waals surface area contributed by atoms with Crippen LogP contribution in [0.1, 0.15) is 38.2 Å². The molecule has 24 heavy (non-hydrogen) atoms. The first-order valence-electron chi connectivity index (χ1n) is 8.49. The van der Waals surface area contributed by atoms with E-state index in [0.29, 0.717) is 0 Å². The molecule has 0 aliphatic carbocycles. The number of unbranched alkanes of at least 4 members (excludes halogenated alkanes) is 3. The van der Waals surface area contributed by atoms with E-state index in [-0.39, 0.29) is 25.0 Å². The first-order valence-corrected chi connectivity index (χ1v) is 8.49.